The Hall–Kier alpha value is -3.55. The number of carbonyl (C=O) groups is 1. The van der Waals surface area contributed by atoms with Gasteiger partial charge in [0.2, 0.25) is 5.91 Å². The van der Waals surface area contributed by atoms with Crippen molar-refractivity contribution in [2.45, 2.75) is 39.3 Å². The highest BCUT2D eigenvalue weighted by molar-refractivity contribution is 5.78. The molecule has 0 radical (unpaired) electrons. The molecule has 8 nitrogen and oxygen atoms in total. The number of carbonyl (C=O) groups excluding carboxylic acids is 1. The number of aromatic nitrogens is 5. The highest BCUT2D eigenvalue weighted by atomic mass is 16.1. The number of fused-ring (bicyclic) bond motifs is 2. The molecule has 2 aromatic heterocycles. The van der Waals surface area contributed by atoms with E-state index >= 15 is 0 Å². The zero-order valence-corrected chi connectivity index (χ0v) is 17.9. The summed E-state index contributed by atoms with van der Waals surface area (Å²) in [5.74, 6) is 0.933. The monoisotopic (exact) mass is 418 g/mol. The first-order valence-corrected chi connectivity index (χ1v) is 10.5. The molecule has 2 heterocycles. The van der Waals surface area contributed by atoms with Crippen molar-refractivity contribution >= 4 is 27.8 Å². The third-order valence-electron chi connectivity index (χ3n) is 5.49. The molecule has 0 bridgehead atoms. The van der Waals surface area contributed by atoms with Crippen LogP contribution in [0.4, 0.5) is 0 Å². The van der Waals surface area contributed by atoms with Gasteiger partial charge in [0.05, 0.1) is 22.5 Å². The summed E-state index contributed by atoms with van der Waals surface area (Å²) in [6.45, 7) is 4.46. The molecule has 0 spiro atoms. The van der Waals surface area contributed by atoms with Crippen molar-refractivity contribution in [3.05, 3.63) is 64.7 Å². The van der Waals surface area contributed by atoms with E-state index in [1.54, 1.807) is 18.2 Å². The van der Waals surface area contributed by atoms with Gasteiger partial charge in [-0.25, -0.2) is 9.67 Å². The van der Waals surface area contributed by atoms with E-state index in [4.69, 9.17) is 4.98 Å². The molecule has 0 aliphatic heterocycles. The Labute approximate surface area is 179 Å². The minimum absolute atomic E-state index is 0.0763. The van der Waals surface area contributed by atoms with Crippen LogP contribution >= 0.6 is 0 Å². The van der Waals surface area contributed by atoms with E-state index in [1.165, 1.54) is 4.68 Å². The molecular formula is C23H26N6O2. The first kappa shape index (κ1) is 20.7. The number of nitrogens with one attached hydrogen (secondary N) is 1. The number of aryl methyl sites for hydroxylation is 2. The van der Waals surface area contributed by atoms with Crippen LogP contribution in [0.3, 0.4) is 0 Å². The van der Waals surface area contributed by atoms with Gasteiger partial charge < -0.3 is 9.88 Å². The number of para-hydroxylation sites is 2. The summed E-state index contributed by atoms with van der Waals surface area (Å²) in [5, 5.41) is 11.7. The highest BCUT2D eigenvalue weighted by Crippen LogP contribution is 2.24. The van der Waals surface area contributed by atoms with Gasteiger partial charge in [-0.2, -0.15) is 0 Å². The van der Waals surface area contributed by atoms with E-state index in [-0.39, 0.29) is 29.8 Å². The normalized spacial score (nSPS) is 12.5. The summed E-state index contributed by atoms with van der Waals surface area (Å²) in [5.41, 5.74) is 2.33. The van der Waals surface area contributed by atoms with E-state index in [9.17, 15) is 9.59 Å². The molecule has 0 saturated heterocycles. The van der Waals surface area contributed by atoms with Crippen LogP contribution in [0.1, 0.15) is 38.6 Å². The summed E-state index contributed by atoms with van der Waals surface area (Å²) >= 11 is 0. The van der Waals surface area contributed by atoms with Gasteiger partial charge in [-0.15, -0.1) is 5.10 Å². The predicted molar refractivity (Wildman–Crippen MR) is 119 cm³/mol. The molecule has 1 N–H and O–H groups in total. The van der Waals surface area contributed by atoms with Crippen molar-refractivity contribution < 1.29 is 4.79 Å². The zero-order chi connectivity index (χ0) is 22.0. The second kappa shape index (κ2) is 8.67. The maximum atomic E-state index is 12.7. The number of hydrogen-bond donors (Lipinski definition) is 1. The fraction of sp³-hybridized carbons (Fsp3) is 0.348. The van der Waals surface area contributed by atoms with Crippen LogP contribution in [0.5, 0.6) is 0 Å². The van der Waals surface area contributed by atoms with E-state index < -0.39 is 0 Å². The molecule has 0 fully saturated rings. The largest absolute Gasteiger partial charge is 0.346 e. The molecule has 0 saturated carbocycles. The Morgan fingerprint density at radius 2 is 1.77 bits per heavy atom. The third-order valence-corrected chi connectivity index (χ3v) is 5.49. The fourth-order valence-electron chi connectivity index (χ4n) is 3.78. The number of hydrogen-bond acceptors (Lipinski definition) is 5. The SMILES string of the molecule is CC(C)C(NC(=O)CCCn1nnc2ccccc2c1=O)c1nc2ccccc2n1C. The molecular weight excluding hydrogens is 392 g/mol. The lowest BCUT2D eigenvalue weighted by atomic mass is 10.0. The highest BCUT2D eigenvalue weighted by Gasteiger charge is 2.23. The first-order chi connectivity index (χ1) is 15.0. The molecule has 31 heavy (non-hydrogen) atoms. The number of amides is 1. The molecule has 160 valence electrons. The number of rotatable bonds is 7. The lowest BCUT2D eigenvalue weighted by Gasteiger charge is -2.22. The van der Waals surface area contributed by atoms with Crippen LogP contribution in [-0.2, 0) is 18.4 Å². The topological polar surface area (TPSA) is 94.7 Å². The Kier molecular flexibility index (Phi) is 5.79. The van der Waals surface area contributed by atoms with Crippen molar-refractivity contribution in [3.63, 3.8) is 0 Å². The van der Waals surface area contributed by atoms with Gasteiger partial charge in [-0.05, 0) is 36.6 Å². The van der Waals surface area contributed by atoms with Gasteiger partial charge in [0, 0.05) is 20.0 Å². The number of imidazole rings is 1. The van der Waals surface area contributed by atoms with Crippen LogP contribution < -0.4 is 10.9 Å². The molecule has 8 heteroatoms. The van der Waals surface area contributed by atoms with E-state index in [1.807, 2.05) is 41.9 Å². The van der Waals surface area contributed by atoms with Gasteiger partial charge in [-0.1, -0.05) is 43.3 Å². The summed E-state index contributed by atoms with van der Waals surface area (Å²) < 4.78 is 3.35. The lowest BCUT2D eigenvalue weighted by Crippen LogP contribution is -2.33. The fourth-order valence-corrected chi connectivity index (χ4v) is 3.78. The number of nitrogens with zero attached hydrogens (tertiary/aromatic N) is 5. The second-order valence-electron chi connectivity index (χ2n) is 8.05. The third kappa shape index (κ3) is 4.19. The Morgan fingerprint density at radius 1 is 1.06 bits per heavy atom. The molecule has 1 amide bonds. The molecule has 1 atom stereocenters. The summed E-state index contributed by atoms with van der Waals surface area (Å²) in [4.78, 5) is 29.9. The first-order valence-electron chi connectivity index (χ1n) is 10.5. The van der Waals surface area contributed by atoms with Crippen LogP contribution in [0.15, 0.2) is 53.3 Å². The minimum Gasteiger partial charge on any atom is -0.346 e. The Bertz CT molecular complexity index is 1290. The minimum atomic E-state index is -0.201. The van der Waals surface area contributed by atoms with E-state index in [2.05, 4.69) is 29.5 Å². The molecule has 4 rings (SSSR count). The van der Waals surface area contributed by atoms with Crippen molar-refractivity contribution in [2.75, 3.05) is 0 Å². The van der Waals surface area contributed by atoms with Crippen molar-refractivity contribution in [1.29, 1.82) is 0 Å². The van der Waals surface area contributed by atoms with Crippen molar-refractivity contribution in [2.24, 2.45) is 13.0 Å². The maximum Gasteiger partial charge on any atom is 0.277 e. The van der Waals surface area contributed by atoms with Gasteiger partial charge in [0.25, 0.3) is 5.56 Å². The predicted octanol–water partition coefficient (Wildman–Crippen LogP) is 2.97. The lowest BCUT2D eigenvalue weighted by molar-refractivity contribution is -0.122. The van der Waals surface area contributed by atoms with E-state index in [0.29, 0.717) is 23.9 Å². The standard InChI is InChI=1S/C23H26N6O2/c1-15(2)21(22-24-18-11-6-7-12-19(18)28(22)3)25-20(30)13-8-14-29-23(31)16-9-4-5-10-17(16)26-27-29/h4-7,9-12,15,21H,8,13-14H2,1-3H3,(H,25,30). The number of benzene rings is 2. The van der Waals surface area contributed by atoms with E-state index in [0.717, 1.165) is 16.9 Å². The van der Waals surface area contributed by atoms with Gasteiger partial charge in [-0.3, -0.25) is 9.59 Å². The Morgan fingerprint density at radius 3 is 2.52 bits per heavy atom. The average Bonchev–Trinajstić information content (AvgIpc) is 3.10. The Balaban J connectivity index is 1.43. The van der Waals surface area contributed by atoms with Crippen LogP contribution in [-0.4, -0.2) is 30.5 Å². The van der Waals surface area contributed by atoms with Crippen molar-refractivity contribution in [3.8, 4) is 0 Å². The quantitative estimate of drug-likeness (QED) is 0.498. The van der Waals surface area contributed by atoms with Gasteiger partial charge >= 0.3 is 0 Å². The second-order valence-corrected chi connectivity index (χ2v) is 8.05. The smallest absolute Gasteiger partial charge is 0.277 e. The summed E-state index contributed by atoms with van der Waals surface area (Å²) in [7, 11) is 1.97. The molecule has 0 aliphatic carbocycles. The average molecular weight is 419 g/mol. The zero-order valence-electron chi connectivity index (χ0n) is 17.9. The van der Waals surface area contributed by atoms with Crippen LogP contribution in [0.25, 0.3) is 21.9 Å². The molecule has 1 unspecified atom stereocenters. The molecule has 2 aromatic carbocycles. The van der Waals surface area contributed by atoms with Crippen molar-refractivity contribution in [1.82, 2.24) is 29.9 Å². The molecule has 0 aliphatic rings. The molecule has 4 aromatic rings. The van der Waals surface area contributed by atoms with Crippen LogP contribution in [0, 0.1) is 5.92 Å². The van der Waals surface area contributed by atoms with Gasteiger partial charge in [0.15, 0.2) is 0 Å². The summed E-state index contributed by atoms with van der Waals surface area (Å²) in [6.07, 6.45) is 0.778. The summed E-state index contributed by atoms with van der Waals surface area (Å²) in [6, 6.07) is 14.8. The van der Waals surface area contributed by atoms with Gasteiger partial charge in [0.1, 0.15) is 11.3 Å². The maximum absolute atomic E-state index is 12.7. The van der Waals surface area contributed by atoms with Crippen LogP contribution in [0.2, 0.25) is 0 Å².